The van der Waals surface area contributed by atoms with Crippen molar-refractivity contribution in [3.8, 4) is 0 Å². The van der Waals surface area contributed by atoms with Crippen molar-refractivity contribution < 1.29 is 39.3 Å². The average Bonchev–Trinajstić information content (AvgIpc) is 2.87. The smallest absolute Gasteiger partial charge is 0.481 e. The Balaban J connectivity index is -0.000000140. The van der Waals surface area contributed by atoms with Gasteiger partial charge in [-0.3, -0.25) is 9.59 Å². The summed E-state index contributed by atoms with van der Waals surface area (Å²) in [6.07, 6.45) is 27.5. The van der Waals surface area contributed by atoms with Gasteiger partial charge in [0.15, 0.2) is 0 Å². The van der Waals surface area contributed by atoms with Crippen LogP contribution < -0.4 is 0 Å². The van der Waals surface area contributed by atoms with Crippen molar-refractivity contribution >= 4 is 11.9 Å². The van der Waals surface area contributed by atoms with Crippen molar-refractivity contribution in [2.45, 2.75) is 182 Å². The zero-order chi connectivity index (χ0) is 28.1. The topological polar surface area (TPSA) is 74.6 Å². The molecule has 5 heteroatoms. The summed E-state index contributed by atoms with van der Waals surface area (Å²) in [5.74, 6) is -1.32. The molecule has 0 aromatic rings. The molecule has 0 aliphatic rings. The van der Waals surface area contributed by atoms with Crippen LogP contribution in [0.5, 0.6) is 0 Å². The molecular weight excluding hydrogens is 514 g/mol. The molecule has 0 aromatic heterocycles. The first-order valence-corrected chi connectivity index (χ1v) is 15.4. The van der Waals surface area contributed by atoms with Crippen LogP contribution in [0.1, 0.15) is 182 Å². The van der Waals surface area contributed by atoms with E-state index in [9.17, 15) is 9.59 Å². The second-order valence-corrected chi connectivity index (χ2v) is 9.65. The summed E-state index contributed by atoms with van der Waals surface area (Å²) in [6, 6.07) is 0. The van der Waals surface area contributed by atoms with Crippen LogP contribution in [0.2, 0.25) is 0 Å². The quantitative estimate of drug-likeness (QED) is 0.0759. The van der Waals surface area contributed by atoms with Crippen molar-refractivity contribution in [1.82, 2.24) is 0 Å². The van der Waals surface area contributed by atoms with E-state index < -0.39 is 11.9 Å². The maximum Gasteiger partial charge on any atom is 2.00 e. The van der Waals surface area contributed by atoms with Gasteiger partial charge in [0.1, 0.15) is 0 Å². The normalized spacial score (nSPS) is 9.46. The largest absolute Gasteiger partial charge is 2.00 e. The number of hydrogen-bond donors (Lipinski definition) is 2. The molecule has 0 fully saturated rings. The molecule has 2 N–H and O–H groups in total. The van der Waals surface area contributed by atoms with Crippen LogP contribution in [0.3, 0.4) is 0 Å². The van der Waals surface area contributed by atoms with E-state index in [0.717, 1.165) is 38.5 Å². The molecule has 0 saturated carbocycles. The van der Waals surface area contributed by atoms with Gasteiger partial charge in [-0.15, -0.1) is 0 Å². The number of unbranched alkanes of at least 4 members (excludes halogenated alkanes) is 18. The van der Waals surface area contributed by atoms with E-state index >= 15 is 0 Å². The van der Waals surface area contributed by atoms with Gasteiger partial charge in [0.25, 0.3) is 0 Å². The SMILES string of the molecule is CCCCCCCCCCCC(=O)O.CCCCCCCCCCCC(=O)O.[CH2-]CCC.[CH2-]CCC.[Zn+2]. The van der Waals surface area contributed by atoms with E-state index in [1.807, 2.05) is 0 Å². The molecule has 220 valence electrons. The minimum absolute atomic E-state index is 0. The first-order chi connectivity index (χ1) is 17.4. The first kappa shape index (κ1) is 46.4. The molecule has 0 aromatic carbocycles. The van der Waals surface area contributed by atoms with Gasteiger partial charge in [0.05, 0.1) is 0 Å². The molecule has 0 aliphatic heterocycles. The fraction of sp³-hybridized carbons (Fsp3) is 0.875. The van der Waals surface area contributed by atoms with Crippen LogP contribution in [0.15, 0.2) is 0 Å². The van der Waals surface area contributed by atoms with Gasteiger partial charge in [0.2, 0.25) is 0 Å². The molecule has 0 unspecified atom stereocenters. The van der Waals surface area contributed by atoms with Crippen LogP contribution in [0.25, 0.3) is 0 Å². The Hall–Kier alpha value is -0.437. The fourth-order valence-corrected chi connectivity index (χ4v) is 3.17. The Bertz CT molecular complexity index is 349. The van der Waals surface area contributed by atoms with Crippen LogP contribution in [0, 0.1) is 13.8 Å². The van der Waals surface area contributed by atoms with Gasteiger partial charge < -0.3 is 24.1 Å². The third kappa shape index (κ3) is 72.2. The Morgan fingerprint density at radius 1 is 0.432 bits per heavy atom. The molecule has 37 heavy (non-hydrogen) atoms. The summed E-state index contributed by atoms with van der Waals surface area (Å²) in [7, 11) is 0. The number of carboxylic acid groups (broad SMARTS) is 2. The van der Waals surface area contributed by atoms with E-state index in [2.05, 4.69) is 41.5 Å². The van der Waals surface area contributed by atoms with Crippen LogP contribution >= 0.6 is 0 Å². The predicted molar refractivity (Wildman–Crippen MR) is 159 cm³/mol. The van der Waals surface area contributed by atoms with E-state index in [1.54, 1.807) is 0 Å². The van der Waals surface area contributed by atoms with Crippen molar-refractivity contribution in [3.63, 3.8) is 0 Å². The maximum absolute atomic E-state index is 10.2. The predicted octanol–water partition coefficient (Wildman–Crippen LogP) is 11.2. The Kier molecular flexibility index (Phi) is 61.0. The molecule has 0 bridgehead atoms. The van der Waals surface area contributed by atoms with E-state index in [-0.39, 0.29) is 19.5 Å². The molecule has 0 spiro atoms. The molecule has 0 amide bonds. The molecule has 4 nitrogen and oxygen atoms in total. The molecule has 0 saturated heterocycles. The van der Waals surface area contributed by atoms with Gasteiger partial charge >= 0.3 is 31.4 Å². The summed E-state index contributed by atoms with van der Waals surface area (Å²) in [5, 5.41) is 16.8. The fourth-order valence-electron chi connectivity index (χ4n) is 3.17. The molecular formula is C32H66O4Zn. The Labute approximate surface area is 246 Å². The third-order valence-corrected chi connectivity index (χ3v) is 5.70. The first-order valence-electron chi connectivity index (χ1n) is 15.4. The second kappa shape index (κ2) is 48.6. The van der Waals surface area contributed by atoms with Crippen LogP contribution in [-0.4, -0.2) is 22.2 Å². The van der Waals surface area contributed by atoms with Crippen molar-refractivity contribution in [1.29, 1.82) is 0 Å². The number of rotatable bonds is 22. The molecule has 0 rings (SSSR count). The third-order valence-electron chi connectivity index (χ3n) is 5.70. The zero-order valence-corrected chi connectivity index (χ0v) is 28.8. The Morgan fingerprint density at radius 2 is 0.622 bits per heavy atom. The van der Waals surface area contributed by atoms with Gasteiger partial charge in [0, 0.05) is 12.8 Å². The Morgan fingerprint density at radius 3 is 0.784 bits per heavy atom. The second-order valence-electron chi connectivity index (χ2n) is 9.65. The van der Waals surface area contributed by atoms with Crippen LogP contribution in [0.4, 0.5) is 0 Å². The number of aliphatic carboxylic acids is 2. The van der Waals surface area contributed by atoms with Crippen molar-refractivity contribution in [3.05, 3.63) is 13.8 Å². The van der Waals surface area contributed by atoms with Gasteiger partial charge in [-0.1, -0.05) is 143 Å². The molecule has 0 aliphatic carbocycles. The summed E-state index contributed by atoms with van der Waals surface area (Å²) in [6.45, 7) is 15.9. The summed E-state index contributed by atoms with van der Waals surface area (Å²) in [4.78, 5) is 20.4. The molecule has 0 radical (unpaired) electrons. The van der Waals surface area contributed by atoms with Crippen LogP contribution in [-0.2, 0) is 29.1 Å². The summed E-state index contributed by atoms with van der Waals surface area (Å²) >= 11 is 0. The van der Waals surface area contributed by atoms with Gasteiger partial charge in [-0.25, -0.2) is 0 Å². The summed E-state index contributed by atoms with van der Waals surface area (Å²) < 4.78 is 0. The average molecular weight is 580 g/mol. The minimum Gasteiger partial charge on any atom is -0.481 e. The molecule has 0 atom stereocenters. The summed E-state index contributed by atoms with van der Waals surface area (Å²) in [5.41, 5.74) is 0. The van der Waals surface area contributed by atoms with E-state index in [4.69, 9.17) is 10.2 Å². The van der Waals surface area contributed by atoms with Gasteiger partial charge in [-0.2, -0.15) is 12.8 Å². The van der Waals surface area contributed by atoms with E-state index in [1.165, 1.54) is 103 Å². The maximum atomic E-state index is 10.2. The van der Waals surface area contributed by atoms with Crippen molar-refractivity contribution in [2.75, 3.05) is 0 Å². The van der Waals surface area contributed by atoms with E-state index in [0.29, 0.717) is 12.8 Å². The monoisotopic (exact) mass is 578 g/mol. The molecule has 0 heterocycles. The number of carbonyl (C=O) groups is 2. The standard InChI is InChI=1S/2C12H24O2.2C4H9.Zn/c2*1-2-3-4-5-6-7-8-9-10-11-12(13)14;2*1-3-4-2;/h2*2-11H2,1H3,(H,13,14);2*1,3-4H2,2H3;/q;;2*-1;+2. The number of hydrogen-bond acceptors (Lipinski definition) is 2. The van der Waals surface area contributed by atoms with Gasteiger partial charge in [-0.05, 0) is 12.8 Å². The minimum atomic E-state index is -0.659. The number of carboxylic acids is 2. The van der Waals surface area contributed by atoms with Crippen molar-refractivity contribution in [2.24, 2.45) is 0 Å². The zero-order valence-electron chi connectivity index (χ0n) is 25.8.